The Morgan fingerprint density at radius 2 is 1.17 bits per heavy atom. The summed E-state index contributed by atoms with van der Waals surface area (Å²) in [6, 6.07) is 22.9. The lowest BCUT2D eigenvalue weighted by Crippen LogP contribution is -1.86. The summed E-state index contributed by atoms with van der Waals surface area (Å²) in [5.41, 5.74) is 0. The highest BCUT2D eigenvalue weighted by Gasteiger charge is 2.11. The van der Waals surface area contributed by atoms with Gasteiger partial charge in [0.1, 0.15) is 11.6 Å². The number of benzene rings is 5. The van der Waals surface area contributed by atoms with Gasteiger partial charge in [-0.1, -0.05) is 54.6 Å². The van der Waals surface area contributed by atoms with Crippen molar-refractivity contribution in [1.29, 1.82) is 0 Å². The van der Waals surface area contributed by atoms with E-state index in [9.17, 15) is 9.50 Å². The summed E-state index contributed by atoms with van der Waals surface area (Å²) < 4.78 is 14.4. The van der Waals surface area contributed by atoms with Crippen molar-refractivity contribution in [2.75, 3.05) is 0 Å². The monoisotopic (exact) mass is 312 g/mol. The van der Waals surface area contributed by atoms with E-state index in [0.29, 0.717) is 10.8 Å². The minimum Gasteiger partial charge on any atom is -0.507 e. The lowest BCUT2D eigenvalue weighted by Gasteiger charge is -2.11. The first-order chi connectivity index (χ1) is 11.7. The summed E-state index contributed by atoms with van der Waals surface area (Å²) in [5.74, 6) is -0.208. The van der Waals surface area contributed by atoms with Crippen LogP contribution in [-0.2, 0) is 0 Å². The van der Waals surface area contributed by atoms with Crippen LogP contribution in [0.4, 0.5) is 4.39 Å². The summed E-state index contributed by atoms with van der Waals surface area (Å²) >= 11 is 0. The van der Waals surface area contributed by atoms with Crippen LogP contribution in [0.2, 0.25) is 0 Å². The molecule has 0 amide bonds. The first kappa shape index (κ1) is 13.3. The summed E-state index contributed by atoms with van der Waals surface area (Å²) in [4.78, 5) is 0. The fourth-order valence-electron chi connectivity index (χ4n) is 3.70. The van der Waals surface area contributed by atoms with Gasteiger partial charge in [0.05, 0.1) is 0 Å². The van der Waals surface area contributed by atoms with Crippen molar-refractivity contribution in [2.45, 2.75) is 0 Å². The Morgan fingerprint density at radius 3 is 2.04 bits per heavy atom. The molecule has 2 heteroatoms. The molecule has 0 spiro atoms. The van der Waals surface area contributed by atoms with Gasteiger partial charge in [-0.05, 0) is 50.5 Å². The number of halogens is 1. The third-order valence-corrected chi connectivity index (χ3v) is 4.83. The molecular formula is C22H13FO. The second-order valence-electron chi connectivity index (χ2n) is 6.10. The van der Waals surface area contributed by atoms with Gasteiger partial charge in [0.15, 0.2) is 0 Å². The van der Waals surface area contributed by atoms with E-state index < -0.39 is 0 Å². The van der Waals surface area contributed by atoms with Crippen LogP contribution in [0.15, 0.2) is 72.8 Å². The van der Waals surface area contributed by atoms with Crippen molar-refractivity contribution in [3.8, 4) is 5.75 Å². The number of hydrogen-bond acceptors (Lipinski definition) is 1. The van der Waals surface area contributed by atoms with Gasteiger partial charge < -0.3 is 5.11 Å². The van der Waals surface area contributed by atoms with E-state index in [1.54, 1.807) is 6.07 Å². The molecule has 0 saturated carbocycles. The molecule has 0 aliphatic rings. The molecule has 24 heavy (non-hydrogen) atoms. The Balaban J connectivity index is 2.04. The van der Waals surface area contributed by atoms with Crippen molar-refractivity contribution in [3.63, 3.8) is 0 Å². The molecule has 0 aromatic heterocycles. The standard InChI is InChI=1S/C22H13FO/c23-20-11-12-21(24)19-10-8-17-16-6-5-13-3-1-2-4-14(13)15(16)7-9-18(17)22(19)20/h1-12,24H. The maximum Gasteiger partial charge on any atom is 0.131 e. The minimum atomic E-state index is -0.312. The lowest BCUT2D eigenvalue weighted by molar-refractivity contribution is 0.480. The van der Waals surface area contributed by atoms with E-state index in [1.165, 1.54) is 22.9 Å². The van der Waals surface area contributed by atoms with Crippen LogP contribution in [0, 0.1) is 5.82 Å². The molecule has 0 aliphatic heterocycles. The van der Waals surface area contributed by atoms with Crippen LogP contribution in [0.5, 0.6) is 5.75 Å². The maximum atomic E-state index is 14.4. The fourth-order valence-corrected chi connectivity index (χ4v) is 3.70. The highest BCUT2D eigenvalue weighted by molar-refractivity contribution is 6.22. The van der Waals surface area contributed by atoms with Crippen LogP contribution in [0.1, 0.15) is 0 Å². The fraction of sp³-hybridized carbons (Fsp3) is 0. The SMILES string of the molecule is Oc1ccc(F)c2c1ccc1c3ccc4ccccc4c3ccc12. The molecule has 0 heterocycles. The maximum absolute atomic E-state index is 14.4. The Kier molecular flexibility index (Phi) is 2.60. The van der Waals surface area contributed by atoms with Crippen molar-refractivity contribution in [2.24, 2.45) is 0 Å². The van der Waals surface area contributed by atoms with Crippen LogP contribution in [0.3, 0.4) is 0 Å². The van der Waals surface area contributed by atoms with Crippen LogP contribution in [0.25, 0.3) is 43.1 Å². The van der Waals surface area contributed by atoms with E-state index in [4.69, 9.17) is 0 Å². The predicted molar refractivity (Wildman–Crippen MR) is 98.1 cm³/mol. The Morgan fingerprint density at radius 1 is 0.542 bits per heavy atom. The molecule has 0 fully saturated rings. The largest absolute Gasteiger partial charge is 0.507 e. The highest BCUT2D eigenvalue weighted by atomic mass is 19.1. The van der Waals surface area contributed by atoms with E-state index in [0.717, 1.165) is 21.5 Å². The molecule has 5 rings (SSSR count). The summed E-state index contributed by atoms with van der Waals surface area (Å²) in [7, 11) is 0. The molecule has 5 aromatic carbocycles. The first-order valence-electron chi connectivity index (χ1n) is 7.88. The zero-order valence-corrected chi connectivity index (χ0v) is 12.8. The smallest absolute Gasteiger partial charge is 0.131 e. The van der Waals surface area contributed by atoms with Gasteiger partial charge in [0, 0.05) is 10.8 Å². The molecule has 0 radical (unpaired) electrons. The van der Waals surface area contributed by atoms with Crippen LogP contribution in [-0.4, -0.2) is 5.11 Å². The number of rotatable bonds is 0. The van der Waals surface area contributed by atoms with E-state index in [-0.39, 0.29) is 11.6 Å². The number of phenolic OH excluding ortho intramolecular Hbond substituents is 1. The molecule has 1 N–H and O–H groups in total. The molecular weight excluding hydrogens is 299 g/mol. The molecule has 0 saturated heterocycles. The van der Waals surface area contributed by atoms with Gasteiger partial charge in [-0.3, -0.25) is 0 Å². The van der Waals surface area contributed by atoms with E-state index in [1.807, 2.05) is 30.3 Å². The third kappa shape index (κ3) is 1.68. The number of phenols is 1. The predicted octanol–water partition coefficient (Wildman–Crippen LogP) is 6.14. The van der Waals surface area contributed by atoms with Gasteiger partial charge in [0.25, 0.3) is 0 Å². The molecule has 0 unspecified atom stereocenters. The average Bonchev–Trinajstić information content (AvgIpc) is 2.63. The Bertz CT molecular complexity index is 1270. The van der Waals surface area contributed by atoms with Gasteiger partial charge in [0.2, 0.25) is 0 Å². The molecule has 0 aliphatic carbocycles. The van der Waals surface area contributed by atoms with Crippen LogP contribution < -0.4 is 0 Å². The summed E-state index contributed by atoms with van der Waals surface area (Å²) in [5, 5.41) is 17.5. The molecule has 0 bridgehead atoms. The molecule has 0 atom stereocenters. The first-order valence-corrected chi connectivity index (χ1v) is 7.88. The minimum absolute atomic E-state index is 0.104. The zero-order chi connectivity index (χ0) is 16.3. The van der Waals surface area contributed by atoms with Gasteiger partial charge in [-0.2, -0.15) is 0 Å². The van der Waals surface area contributed by atoms with Crippen molar-refractivity contribution >= 4 is 43.1 Å². The van der Waals surface area contributed by atoms with Crippen LogP contribution >= 0.6 is 0 Å². The second kappa shape index (κ2) is 4.68. The molecule has 1 nitrogen and oxygen atoms in total. The lowest BCUT2D eigenvalue weighted by atomic mass is 9.94. The molecule has 114 valence electrons. The number of aromatic hydroxyl groups is 1. The van der Waals surface area contributed by atoms with Crippen molar-refractivity contribution in [1.82, 2.24) is 0 Å². The van der Waals surface area contributed by atoms with E-state index >= 15 is 0 Å². The average molecular weight is 312 g/mol. The quantitative estimate of drug-likeness (QED) is 0.340. The second-order valence-corrected chi connectivity index (χ2v) is 6.10. The Hall–Kier alpha value is -3.13. The van der Waals surface area contributed by atoms with Crippen molar-refractivity contribution < 1.29 is 9.50 Å². The van der Waals surface area contributed by atoms with Gasteiger partial charge >= 0.3 is 0 Å². The Labute approximate surface area is 137 Å². The van der Waals surface area contributed by atoms with E-state index in [2.05, 4.69) is 24.3 Å². The normalized spacial score (nSPS) is 11.7. The number of fused-ring (bicyclic) bond motifs is 7. The number of hydrogen-bond donors (Lipinski definition) is 1. The topological polar surface area (TPSA) is 20.2 Å². The zero-order valence-electron chi connectivity index (χ0n) is 12.8. The van der Waals surface area contributed by atoms with Gasteiger partial charge in [-0.15, -0.1) is 0 Å². The highest BCUT2D eigenvalue weighted by Crippen LogP contribution is 2.37. The van der Waals surface area contributed by atoms with Gasteiger partial charge in [-0.25, -0.2) is 4.39 Å². The molecule has 5 aromatic rings. The summed E-state index contributed by atoms with van der Waals surface area (Å²) in [6.07, 6.45) is 0. The third-order valence-electron chi connectivity index (χ3n) is 4.83. The summed E-state index contributed by atoms with van der Waals surface area (Å²) in [6.45, 7) is 0. The van der Waals surface area contributed by atoms with Crippen molar-refractivity contribution in [3.05, 3.63) is 78.6 Å².